The molecule has 166 valence electrons. The van der Waals surface area contributed by atoms with Gasteiger partial charge < -0.3 is 19.0 Å². The maximum absolute atomic E-state index is 13.4. The molecule has 0 saturated carbocycles. The SMILES string of the molecule is CCCc1cc(=O)oc2c(C(=O)[C@@H](C)[14C@@H]([14CH3])OC(C)=O)c(O)c3c(c12)OC(C)(C)C=C3. The molecule has 31 heavy (non-hydrogen) atoms. The van der Waals surface area contributed by atoms with Crippen molar-refractivity contribution in [2.45, 2.75) is 66.1 Å². The number of aromatic hydroxyl groups is 1. The molecular formula is C24H28O7. The Morgan fingerprint density at radius 1 is 1.35 bits per heavy atom. The normalized spacial score (nSPS) is 16.3. The summed E-state index contributed by atoms with van der Waals surface area (Å²) in [7, 11) is 0. The Kier molecular flexibility index (Phi) is 5.98. The molecule has 0 unspecified atom stereocenters. The third-order valence-electron chi connectivity index (χ3n) is 5.49. The van der Waals surface area contributed by atoms with E-state index in [9.17, 15) is 19.5 Å². The molecule has 1 aliphatic heterocycles. The number of aryl methyl sites for hydroxylation is 1. The van der Waals surface area contributed by atoms with E-state index in [0.717, 1.165) is 6.42 Å². The van der Waals surface area contributed by atoms with Crippen molar-refractivity contribution in [1.29, 1.82) is 0 Å². The van der Waals surface area contributed by atoms with Crippen LogP contribution in [-0.4, -0.2) is 28.6 Å². The number of hydrogen-bond donors (Lipinski definition) is 1. The van der Waals surface area contributed by atoms with Crippen LogP contribution >= 0.6 is 0 Å². The fraction of sp³-hybridized carbons (Fsp3) is 0.458. The second kappa shape index (κ2) is 8.21. The zero-order chi connectivity index (χ0) is 23.1. The van der Waals surface area contributed by atoms with Crippen LogP contribution in [0.25, 0.3) is 17.0 Å². The molecule has 0 aliphatic carbocycles. The van der Waals surface area contributed by atoms with E-state index in [1.807, 2.05) is 20.8 Å². The Hall–Kier alpha value is -3.09. The maximum Gasteiger partial charge on any atom is 0.336 e. The van der Waals surface area contributed by atoms with Gasteiger partial charge in [-0.2, -0.15) is 0 Å². The van der Waals surface area contributed by atoms with Gasteiger partial charge in [0.05, 0.1) is 16.9 Å². The number of esters is 1. The van der Waals surface area contributed by atoms with E-state index in [1.165, 1.54) is 13.0 Å². The monoisotopic (exact) mass is 432 g/mol. The Balaban J connectivity index is 2.35. The molecule has 7 nitrogen and oxygen atoms in total. The van der Waals surface area contributed by atoms with E-state index >= 15 is 0 Å². The van der Waals surface area contributed by atoms with Gasteiger partial charge in [0.15, 0.2) is 11.4 Å². The molecule has 1 N–H and O–H groups in total. The lowest BCUT2D eigenvalue weighted by molar-refractivity contribution is -0.146. The van der Waals surface area contributed by atoms with Crippen LogP contribution in [0.4, 0.5) is 0 Å². The van der Waals surface area contributed by atoms with Gasteiger partial charge in [0, 0.05) is 13.0 Å². The molecule has 1 aliphatic rings. The number of benzene rings is 1. The van der Waals surface area contributed by atoms with Crippen LogP contribution in [0, 0.1) is 5.92 Å². The first kappa shape index (κ1) is 22.6. The van der Waals surface area contributed by atoms with Crippen molar-refractivity contribution < 1.29 is 28.6 Å². The average molecular weight is 432 g/mol. The third-order valence-corrected chi connectivity index (χ3v) is 5.49. The summed E-state index contributed by atoms with van der Waals surface area (Å²) in [6.07, 6.45) is 4.10. The van der Waals surface area contributed by atoms with Gasteiger partial charge in [0.2, 0.25) is 0 Å². The van der Waals surface area contributed by atoms with Crippen molar-refractivity contribution >= 4 is 28.8 Å². The molecule has 0 saturated heterocycles. The Bertz CT molecular complexity index is 1140. The molecule has 1 aromatic heterocycles. The smallest absolute Gasteiger partial charge is 0.336 e. The Labute approximate surface area is 180 Å². The molecular weight excluding hydrogens is 404 g/mol. The zero-order valence-electron chi connectivity index (χ0n) is 18.7. The highest BCUT2D eigenvalue weighted by Gasteiger charge is 2.35. The highest BCUT2D eigenvalue weighted by molar-refractivity contribution is 6.13. The molecule has 3 rings (SSSR count). The number of ether oxygens (including phenoxy) is 2. The molecule has 1 aromatic carbocycles. The van der Waals surface area contributed by atoms with E-state index in [2.05, 4.69) is 0 Å². The van der Waals surface area contributed by atoms with Gasteiger partial charge in [-0.3, -0.25) is 9.59 Å². The molecule has 2 heterocycles. The molecule has 7 heteroatoms. The maximum atomic E-state index is 13.4. The standard InChI is InChI=1S/C24H28O7/c1-7-8-15-11-17(26)30-23-18(15)22-16(9-10-24(5,6)31-22)21(28)19(23)20(27)12(2)13(3)29-14(4)25/h9-13,28H,7-8H2,1-6H3/t12-,13+/m0/s1/i3+2,13+2. The van der Waals surface area contributed by atoms with E-state index < -0.39 is 35.0 Å². The van der Waals surface area contributed by atoms with Crippen LogP contribution in [0.2, 0.25) is 0 Å². The van der Waals surface area contributed by atoms with Crippen LogP contribution < -0.4 is 10.4 Å². The zero-order valence-corrected chi connectivity index (χ0v) is 18.7. The number of rotatable bonds is 6. The number of phenols is 1. The summed E-state index contributed by atoms with van der Waals surface area (Å²) in [6, 6.07) is 1.40. The molecule has 2 aromatic rings. The Morgan fingerprint density at radius 2 is 2.03 bits per heavy atom. The van der Waals surface area contributed by atoms with Gasteiger partial charge >= 0.3 is 11.6 Å². The van der Waals surface area contributed by atoms with Gasteiger partial charge in [-0.15, -0.1) is 0 Å². The number of carbonyl (C=O) groups excluding carboxylic acids is 2. The van der Waals surface area contributed by atoms with E-state index in [1.54, 1.807) is 26.0 Å². The molecule has 0 bridgehead atoms. The Morgan fingerprint density at radius 3 is 2.65 bits per heavy atom. The minimum absolute atomic E-state index is 0.00910. The first-order valence-corrected chi connectivity index (χ1v) is 10.4. The predicted molar refractivity (Wildman–Crippen MR) is 117 cm³/mol. The quantitative estimate of drug-likeness (QED) is 0.410. The second-order valence-corrected chi connectivity index (χ2v) is 8.52. The van der Waals surface area contributed by atoms with Crippen LogP contribution in [0.3, 0.4) is 0 Å². The van der Waals surface area contributed by atoms with Crippen LogP contribution in [0.5, 0.6) is 11.5 Å². The largest absolute Gasteiger partial charge is 0.506 e. The van der Waals surface area contributed by atoms with Crippen molar-refractivity contribution in [3.8, 4) is 11.5 Å². The van der Waals surface area contributed by atoms with Crippen molar-refractivity contribution in [2.24, 2.45) is 5.92 Å². The van der Waals surface area contributed by atoms with E-state index in [4.69, 9.17) is 13.9 Å². The van der Waals surface area contributed by atoms with E-state index in [0.29, 0.717) is 28.7 Å². The highest BCUT2D eigenvalue weighted by Crippen LogP contribution is 2.46. The van der Waals surface area contributed by atoms with Crippen molar-refractivity contribution in [2.75, 3.05) is 0 Å². The molecule has 0 amide bonds. The fourth-order valence-corrected chi connectivity index (χ4v) is 3.79. The van der Waals surface area contributed by atoms with Crippen molar-refractivity contribution in [1.82, 2.24) is 0 Å². The molecule has 2 atom stereocenters. The number of hydrogen-bond acceptors (Lipinski definition) is 7. The third kappa shape index (κ3) is 4.22. The first-order chi connectivity index (χ1) is 14.5. The fourth-order valence-electron chi connectivity index (χ4n) is 3.79. The first-order valence-electron chi connectivity index (χ1n) is 10.4. The molecule has 0 fully saturated rings. The highest BCUT2D eigenvalue weighted by atomic mass is 16.7. The van der Waals surface area contributed by atoms with Crippen LogP contribution in [0.1, 0.15) is 69.4 Å². The number of fused-ring (bicyclic) bond motifs is 3. The molecule has 0 spiro atoms. The van der Waals surface area contributed by atoms with E-state index in [-0.39, 0.29) is 16.9 Å². The minimum Gasteiger partial charge on any atom is -0.506 e. The summed E-state index contributed by atoms with van der Waals surface area (Å²) in [5.74, 6) is -1.72. The second-order valence-electron chi connectivity index (χ2n) is 8.52. The number of Topliss-reactive ketones (excluding diaryl/α,β-unsaturated/α-hetero) is 1. The summed E-state index contributed by atoms with van der Waals surface area (Å²) >= 11 is 0. The lowest BCUT2D eigenvalue weighted by Gasteiger charge is -2.30. The van der Waals surface area contributed by atoms with Crippen LogP contribution in [-0.2, 0) is 16.0 Å². The summed E-state index contributed by atoms with van der Waals surface area (Å²) in [5.41, 5.74) is -0.335. The lowest BCUT2D eigenvalue weighted by atomic mass is 9.91. The van der Waals surface area contributed by atoms with Gasteiger partial charge in [0.25, 0.3) is 0 Å². The summed E-state index contributed by atoms with van der Waals surface area (Å²) in [6.45, 7) is 10.2. The van der Waals surface area contributed by atoms with Crippen LogP contribution in [0.15, 0.2) is 21.4 Å². The van der Waals surface area contributed by atoms with Gasteiger partial charge in [-0.1, -0.05) is 20.3 Å². The summed E-state index contributed by atoms with van der Waals surface area (Å²) < 4.78 is 16.8. The summed E-state index contributed by atoms with van der Waals surface area (Å²) in [4.78, 5) is 37.1. The lowest BCUT2D eigenvalue weighted by Crippen LogP contribution is -2.29. The molecule has 0 radical (unpaired) electrons. The van der Waals surface area contributed by atoms with Gasteiger partial charge in [-0.05, 0) is 44.9 Å². The number of phenolic OH excluding ortho intramolecular Hbond substituents is 1. The van der Waals surface area contributed by atoms with Gasteiger partial charge in [0.1, 0.15) is 28.8 Å². The topological polar surface area (TPSA) is 103 Å². The number of ketones is 1. The number of carbonyl (C=O) groups is 2. The average Bonchev–Trinajstić information content (AvgIpc) is 2.65. The van der Waals surface area contributed by atoms with Crippen molar-refractivity contribution in [3.63, 3.8) is 0 Å². The predicted octanol–water partition coefficient (Wildman–Crippen LogP) is 4.41. The van der Waals surface area contributed by atoms with Crippen molar-refractivity contribution in [3.05, 3.63) is 39.3 Å². The summed E-state index contributed by atoms with van der Waals surface area (Å²) in [5, 5.41) is 11.6. The minimum atomic E-state index is -0.777. The van der Waals surface area contributed by atoms with Gasteiger partial charge in [-0.25, -0.2) is 4.79 Å².